The Balaban J connectivity index is 1.70. The van der Waals surface area contributed by atoms with Gasteiger partial charge in [0.1, 0.15) is 28.2 Å². The van der Waals surface area contributed by atoms with Gasteiger partial charge in [0.05, 0.1) is 7.11 Å². The van der Waals surface area contributed by atoms with Gasteiger partial charge in [-0.15, -0.1) is 0 Å². The maximum Gasteiger partial charge on any atom is 0.341 e. The van der Waals surface area contributed by atoms with Crippen LogP contribution in [0.1, 0.15) is 42.7 Å². The van der Waals surface area contributed by atoms with Gasteiger partial charge >= 0.3 is 5.97 Å². The maximum absolute atomic E-state index is 13.6. The highest BCUT2D eigenvalue weighted by atomic mass is 16.5. The van der Waals surface area contributed by atoms with Gasteiger partial charge in [-0.3, -0.25) is 9.59 Å². The number of carbonyl (C=O) groups excluding carboxylic acids is 1. The molecule has 5 rings (SSSR count). The molecule has 10 heteroatoms. The Morgan fingerprint density at radius 3 is 2.38 bits per heavy atom. The molecule has 1 amide bonds. The van der Waals surface area contributed by atoms with E-state index in [-0.39, 0.29) is 51.9 Å². The molecule has 0 bridgehead atoms. The average Bonchev–Trinajstić information content (AvgIpc) is 2.99. The molecule has 1 atom stereocenters. The number of aliphatic carboxylic acids is 1. The van der Waals surface area contributed by atoms with Gasteiger partial charge in [-0.1, -0.05) is 36.4 Å². The Morgan fingerprint density at radius 2 is 1.69 bits per heavy atom. The Bertz CT molecular complexity index is 1670. The number of carboxylic acid groups (broad SMARTS) is 1. The smallest absolute Gasteiger partial charge is 0.341 e. The van der Waals surface area contributed by atoms with Crippen LogP contribution >= 0.6 is 0 Å². The number of carbonyl (C=O) groups is 2. The molecule has 0 aliphatic carbocycles. The molecule has 218 valence electrons. The fourth-order valence-corrected chi connectivity index (χ4v) is 5.40. The molecule has 0 saturated carbocycles. The van der Waals surface area contributed by atoms with Crippen molar-refractivity contribution in [2.24, 2.45) is 0 Å². The molecule has 1 aliphatic rings. The molecule has 2 heterocycles. The summed E-state index contributed by atoms with van der Waals surface area (Å²) >= 11 is 0. The number of likely N-dealkylation sites (tertiary alicyclic amines) is 1. The van der Waals surface area contributed by atoms with Gasteiger partial charge in [0.2, 0.25) is 5.91 Å². The zero-order valence-electron chi connectivity index (χ0n) is 23.0. The van der Waals surface area contributed by atoms with Crippen LogP contribution in [0.15, 0.2) is 69.9 Å². The standard InChI is InChI=1S/C32H31NO9/c1-40-27-14-20(10-11-25(27)41-18-29(38)39)21(15-28(37)33-12-6-3-7-13-33)30-22(34)16-23(35)31-24(36)17-26(42-32(30)31)19-8-4-2-5-9-19/h2,4-5,8-11,14,16-17,21,34-35H,3,6-7,12-13,15,18H2,1H3,(H,38,39)/t21-/m1/s1. The first kappa shape index (κ1) is 28.5. The van der Waals surface area contributed by atoms with E-state index >= 15 is 0 Å². The molecule has 1 fully saturated rings. The molecular formula is C32H31NO9. The topological polar surface area (TPSA) is 147 Å². The number of rotatable bonds is 9. The Morgan fingerprint density at radius 1 is 0.952 bits per heavy atom. The van der Waals surface area contributed by atoms with Crippen LogP contribution in [-0.2, 0) is 9.59 Å². The van der Waals surface area contributed by atoms with Crippen LogP contribution in [0.5, 0.6) is 23.0 Å². The first-order valence-electron chi connectivity index (χ1n) is 13.6. The number of methoxy groups -OCH3 is 1. The summed E-state index contributed by atoms with van der Waals surface area (Å²) in [5.74, 6) is -2.30. The van der Waals surface area contributed by atoms with Crippen molar-refractivity contribution >= 4 is 22.8 Å². The summed E-state index contributed by atoms with van der Waals surface area (Å²) in [6.45, 7) is 0.655. The number of phenols is 2. The molecule has 0 spiro atoms. The summed E-state index contributed by atoms with van der Waals surface area (Å²) in [7, 11) is 1.40. The molecule has 3 N–H and O–H groups in total. The normalized spacial score (nSPS) is 14.0. The van der Waals surface area contributed by atoms with Crippen LogP contribution in [0.4, 0.5) is 0 Å². The van der Waals surface area contributed by atoms with Crippen molar-refractivity contribution in [1.82, 2.24) is 4.90 Å². The number of ether oxygens (including phenoxy) is 2. The van der Waals surface area contributed by atoms with Gasteiger partial charge in [0.15, 0.2) is 23.5 Å². The minimum Gasteiger partial charge on any atom is -0.507 e. The maximum atomic E-state index is 13.6. The molecule has 1 aromatic heterocycles. The van der Waals surface area contributed by atoms with E-state index in [0.717, 1.165) is 25.3 Å². The second kappa shape index (κ2) is 12.3. The van der Waals surface area contributed by atoms with Crippen molar-refractivity contribution in [1.29, 1.82) is 0 Å². The number of piperidine rings is 1. The molecule has 1 aliphatic heterocycles. The van der Waals surface area contributed by atoms with Crippen molar-refractivity contribution in [3.8, 4) is 34.3 Å². The number of hydrogen-bond acceptors (Lipinski definition) is 8. The Labute approximate surface area is 241 Å². The quantitative estimate of drug-likeness (QED) is 0.255. The third-order valence-electron chi connectivity index (χ3n) is 7.43. The molecule has 0 unspecified atom stereocenters. The minimum absolute atomic E-state index is 0.0412. The fraction of sp³-hybridized carbons (Fsp3) is 0.281. The van der Waals surface area contributed by atoms with Crippen LogP contribution < -0.4 is 14.9 Å². The SMILES string of the molecule is COc1cc([C@@H](CC(=O)N2CCCCC2)c2c(O)cc(O)c3c(=O)cc(-c4ccccc4)oc23)ccc1OCC(=O)O. The number of hydrogen-bond donors (Lipinski definition) is 3. The van der Waals surface area contributed by atoms with Crippen molar-refractivity contribution in [3.05, 3.63) is 82.0 Å². The molecule has 0 radical (unpaired) electrons. The van der Waals surface area contributed by atoms with E-state index < -0.39 is 29.7 Å². The number of benzene rings is 3. The van der Waals surface area contributed by atoms with Gasteiger partial charge in [-0.25, -0.2) is 4.79 Å². The van der Waals surface area contributed by atoms with Crippen LogP contribution in [0.3, 0.4) is 0 Å². The minimum atomic E-state index is -1.16. The molecule has 42 heavy (non-hydrogen) atoms. The molecule has 3 aromatic carbocycles. The first-order chi connectivity index (χ1) is 20.3. The summed E-state index contributed by atoms with van der Waals surface area (Å²) in [4.78, 5) is 39.7. The van der Waals surface area contributed by atoms with E-state index in [9.17, 15) is 24.6 Å². The lowest BCUT2D eigenvalue weighted by Crippen LogP contribution is -2.36. The third kappa shape index (κ3) is 5.88. The highest BCUT2D eigenvalue weighted by molar-refractivity contribution is 5.91. The Hall–Kier alpha value is -4.99. The number of amides is 1. The second-order valence-electron chi connectivity index (χ2n) is 10.2. The summed E-state index contributed by atoms with van der Waals surface area (Å²) in [5.41, 5.74) is 0.748. The van der Waals surface area contributed by atoms with Gasteiger partial charge < -0.3 is 34.1 Å². The summed E-state index contributed by atoms with van der Waals surface area (Å²) in [6.07, 6.45) is 2.75. The molecule has 1 saturated heterocycles. The van der Waals surface area contributed by atoms with Crippen LogP contribution in [0.2, 0.25) is 0 Å². The predicted molar refractivity (Wildman–Crippen MR) is 154 cm³/mol. The van der Waals surface area contributed by atoms with E-state index in [1.807, 2.05) is 6.07 Å². The summed E-state index contributed by atoms with van der Waals surface area (Å²) < 4.78 is 17.1. The van der Waals surface area contributed by atoms with Crippen molar-refractivity contribution in [3.63, 3.8) is 0 Å². The van der Waals surface area contributed by atoms with Crippen molar-refractivity contribution in [2.45, 2.75) is 31.6 Å². The van der Waals surface area contributed by atoms with Crippen LogP contribution in [0, 0.1) is 0 Å². The number of fused-ring (bicyclic) bond motifs is 1. The lowest BCUT2D eigenvalue weighted by Gasteiger charge is -2.29. The van der Waals surface area contributed by atoms with E-state index in [1.54, 1.807) is 41.3 Å². The van der Waals surface area contributed by atoms with Gasteiger partial charge in [-0.05, 0) is 37.0 Å². The third-order valence-corrected chi connectivity index (χ3v) is 7.43. The highest BCUT2D eigenvalue weighted by Gasteiger charge is 2.30. The molecule has 10 nitrogen and oxygen atoms in total. The lowest BCUT2D eigenvalue weighted by molar-refractivity contribution is -0.139. The highest BCUT2D eigenvalue weighted by Crippen LogP contribution is 2.44. The molecular weight excluding hydrogens is 542 g/mol. The van der Waals surface area contributed by atoms with E-state index in [0.29, 0.717) is 24.2 Å². The monoisotopic (exact) mass is 573 g/mol. The van der Waals surface area contributed by atoms with Crippen LogP contribution in [0.25, 0.3) is 22.3 Å². The largest absolute Gasteiger partial charge is 0.507 e. The second-order valence-corrected chi connectivity index (χ2v) is 10.2. The van der Waals surface area contributed by atoms with Crippen LogP contribution in [-0.4, -0.2) is 58.9 Å². The lowest BCUT2D eigenvalue weighted by atomic mass is 9.85. The number of aromatic hydroxyl groups is 2. The fourth-order valence-electron chi connectivity index (χ4n) is 5.40. The zero-order valence-corrected chi connectivity index (χ0v) is 23.0. The summed E-state index contributed by atoms with van der Waals surface area (Å²) in [5, 5.41) is 30.9. The summed E-state index contributed by atoms with van der Waals surface area (Å²) in [6, 6.07) is 16.1. The van der Waals surface area contributed by atoms with E-state index in [4.69, 9.17) is 19.0 Å². The van der Waals surface area contributed by atoms with Crippen molar-refractivity contribution < 1.29 is 38.8 Å². The predicted octanol–water partition coefficient (Wildman–Crippen LogP) is 4.88. The zero-order chi connectivity index (χ0) is 29.8. The van der Waals surface area contributed by atoms with Gasteiger partial charge in [0, 0.05) is 48.7 Å². The number of nitrogens with zero attached hydrogens (tertiary/aromatic N) is 1. The Kier molecular flexibility index (Phi) is 8.33. The number of carboxylic acids is 1. The van der Waals surface area contributed by atoms with Crippen molar-refractivity contribution in [2.75, 3.05) is 26.8 Å². The molecule has 4 aromatic rings. The van der Waals surface area contributed by atoms with E-state index in [1.165, 1.54) is 19.2 Å². The van der Waals surface area contributed by atoms with E-state index in [2.05, 4.69) is 0 Å². The number of phenolic OH excluding ortho intramolecular Hbond substituents is 2. The average molecular weight is 574 g/mol. The van der Waals surface area contributed by atoms with Gasteiger partial charge in [0.25, 0.3) is 0 Å². The first-order valence-corrected chi connectivity index (χ1v) is 13.6. The van der Waals surface area contributed by atoms with Gasteiger partial charge in [-0.2, -0.15) is 0 Å².